The average Bonchev–Trinajstić information content (AvgIpc) is 3.74. The second-order valence-corrected chi connectivity index (χ2v) is 13.5. The highest BCUT2D eigenvalue weighted by Gasteiger charge is 2.26. The van der Waals surface area contributed by atoms with Gasteiger partial charge in [-0.05, 0) is 30.5 Å². The number of carbonyl (C=O) groups excluding carboxylic acids is 2. The molecular weight excluding hydrogens is 661 g/mol. The molecule has 9 nitrogen and oxygen atoms in total. The fraction of sp³-hybridized carbons (Fsp3) is 0.342. The lowest BCUT2D eigenvalue weighted by molar-refractivity contribution is -0.120. The van der Waals surface area contributed by atoms with Crippen molar-refractivity contribution in [2.75, 3.05) is 26.8 Å². The standard InChI is InChI=1S/C38H39Cl2N5O4/c1-48-38-23(19-41-20-24-10-14-34(46)43-24)9-13-32(45-38)30-7-3-6-28(37(30)40)27-5-2-4-26(36(27)39)22-8-12-29-31(16-17-49-33(29)18-22)42-21-25-11-15-35(47)44-25/h2-9,12-13,18,24-25,31,41-42H,10-11,14-17,19-21H2,1H3,(H,43,46)(H,44,47)/t24-,25-,31-/m1/s1. The van der Waals surface area contributed by atoms with Crippen molar-refractivity contribution >= 4 is 35.0 Å². The van der Waals surface area contributed by atoms with Crippen molar-refractivity contribution in [2.24, 2.45) is 0 Å². The lowest BCUT2D eigenvalue weighted by atomic mass is 9.94. The van der Waals surface area contributed by atoms with Gasteiger partial charge in [0, 0.05) is 90.4 Å². The summed E-state index contributed by atoms with van der Waals surface area (Å²) in [7, 11) is 1.61. The van der Waals surface area contributed by atoms with Gasteiger partial charge in [0.1, 0.15) is 5.75 Å². The maximum absolute atomic E-state index is 11.6. The highest BCUT2D eigenvalue weighted by atomic mass is 35.5. The van der Waals surface area contributed by atoms with E-state index in [4.69, 9.17) is 37.7 Å². The van der Waals surface area contributed by atoms with Gasteiger partial charge in [-0.25, -0.2) is 4.98 Å². The molecule has 2 fully saturated rings. The summed E-state index contributed by atoms with van der Waals surface area (Å²) in [5, 5.41) is 14.2. The molecule has 2 saturated heterocycles. The Balaban J connectivity index is 1.10. The number of halogens is 2. The first kappa shape index (κ1) is 33.4. The largest absolute Gasteiger partial charge is 0.493 e. The van der Waals surface area contributed by atoms with Crippen LogP contribution in [0.15, 0.2) is 66.7 Å². The highest BCUT2D eigenvalue weighted by molar-refractivity contribution is 6.39. The summed E-state index contributed by atoms with van der Waals surface area (Å²) < 4.78 is 11.8. The van der Waals surface area contributed by atoms with Crippen molar-refractivity contribution in [1.82, 2.24) is 26.3 Å². The van der Waals surface area contributed by atoms with Crippen molar-refractivity contribution in [1.29, 1.82) is 0 Å². The number of carbonyl (C=O) groups is 2. The monoisotopic (exact) mass is 699 g/mol. The van der Waals surface area contributed by atoms with E-state index in [1.807, 2.05) is 48.5 Å². The molecule has 49 heavy (non-hydrogen) atoms. The topological polar surface area (TPSA) is 114 Å². The Morgan fingerprint density at radius 1 is 0.837 bits per heavy atom. The van der Waals surface area contributed by atoms with Gasteiger partial charge in [-0.15, -0.1) is 0 Å². The summed E-state index contributed by atoms with van der Waals surface area (Å²) in [5.74, 6) is 1.58. The third kappa shape index (κ3) is 7.26. The molecule has 1 aromatic heterocycles. The minimum Gasteiger partial charge on any atom is -0.493 e. The van der Waals surface area contributed by atoms with Gasteiger partial charge in [0.2, 0.25) is 17.7 Å². The van der Waals surface area contributed by atoms with E-state index in [0.717, 1.165) is 70.5 Å². The second kappa shape index (κ2) is 14.8. The van der Waals surface area contributed by atoms with Gasteiger partial charge in [-0.2, -0.15) is 0 Å². The van der Waals surface area contributed by atoms with Gasteiger partial charge in [-0.3, -0.25) is 9.59 Å². The molecule has 4 N–H and O–H groups in total. The molecule has 11 heteroatoms. The number of pyridine rings is 1. The number of nitrogens with zero attached hydrogens (tertiary/aromatic N) is 1. The fourth-order valence-corrected chi connectivity index (χ4v) is 7.59. The zero-order valence-electron chi connectivity index (χ0n) is 27.3. The van der Waals surface area contributed by atoms with Crippen LogP contribution in [0.3, 0.4) is 0 Å². The predicted octanol–water partition coefficient (Wildman–Crippen LogP) is 6.46. The fourth-order valence-electron chi connectivity index (χ4n) is 6.93. The maximum Gasteiger partial charge on any atom is 0.220 e. The van der Waals surface area contributed by atoms with E-state index in [-0.39, 0.29) is 29.9 Å². The number of ether oxygens (including phenoxy) is 2. The molecule has 0 bridgehead atoms. The maximum atomic E-state index is 11.6. The molecule has 4 aromatic rings. The van der Waals surface area contributed by atoms with Crippen molar-refractivity contribution in [3.05, 3.63) is 87.9 Å². The van der Waals surface area contributed by atoms with E-state index < -0.39 is 0 Å². The Labute approximate surface area is 296 Å². The number of aromatic nitrogens is 1. The minimum atomic E-state index is 0.103. The van der Waals surface area contributed by atoms with E-state index in [9.17, 15) is 9.59 Å². The summed E-state index contributed by atoms with van der Waals surface area (Å²) in [6, 6.07) is 22.5. The van der Waals surface area contributed by atoms with Crippen LogP contribution in [0.1, 0.15) is 49.3 Å². The lowest BCUT2D eigenvalue weighted by Crippen LogP contribution is -2.38. The van der Waals surface area contributed by atoms with Gasteiger partial charge >= 0.3 is 0 Å². The van der Waals surface area contributed by atoms with Crippen molar-refractivity contribution in [3.63, 3.8) is 0 Å². The van der Waals surface area contributed by atoms with Crippen LogP contribution in [0.2, 0.25) is 10.0 Å². The molecule has 2 amide bonds. The minimum absolute atomic E-state index is 0.103. The average molecular weight is 701 g/mol. The van der Waals surface area contributed by atoms with Crippen LogP contribution in [0.5, 0.6) is 11.6 Å². The Hall–Kier alpha value is -4.15. The van der Waals surface area contributed by atoms with E-state index in [2.05, 4.69) is 39.5 Å². The number of amides is 2. The van der Waals surface area contributed by atoms with Crippen LogP contribution in [0, 0.1) is 0 Å². The van der Waals surface area contributed by atoms with E-state index >= 15 is 0 Å². The summed E-state index contributed by atoms with van der Waals surface area (Å²) in [5.41, 5.74) is 6.92. The number of rotatable bonds is 11. The number of hydrogen-bond donors (Lipinski definition) is 4. The van der Waals surface area contributed by atoms with Crippen LogP contribution in [-0.2, 0) is 16.1 Å². The molecule has 3 aliphatic rings. The lowest BCUT2D eigenvalue weighted by Gasteiger charge is -2.28. The van der Waals surface area contributed by atoms with Gasteiger partial charge in [0.25, 0.3) is 0 Å². The van der Waals surface area contributed by atoms with E-state index in [0.29, 0.717) is 54.2 Å². The molecule has 3 atom stereocenters. The molecule has 3 aromatic carbocycles. The number of hydrogen-bond acceptors (Lipinski definition) is 7. The van der Waals surface area contributed by atoms with E-state index in [1.165, 1.54) is 0 Å². The quantitative estimate of drug-likeness (QED) is 0.142. The molecule has 4 heterocycles. The smallest absolute Gasteiger partial charge is 0.220 e. The summed E-state index contributed by atoms with van der Waals surface area (Å²) in [4.78, 5) is 27.9. The molecule has 3 aliphatic heterocycles. The molecular formula is C38H39Cl2N5O4. The molecule has 0 spiro atoms. The van der Waals surface area contributed by atoms with Crippen molar-refractivity contribution in [3.8, 4) is 45.1 Å². The molecule has 0 aliphatic carbocycles. The third-order valence-corrected chi connectivity index (χ3v) is 10.4. The second-order valence-electron chi connectivity index (χ2n) is 12.8. The summed E-state index contributed by atoms with van der Waals surface area (Å²) in [6.45, 7) is 2.59. The zero-order chi connectivity index (χ0) is 33.9. The zero-order valence-corrected chi connectivity index (χ0v) is 28.8. The van der Waals surface area contributed by atoms with Crippen LogP contribution < -0.4 is 30.7 Å². The summed E-state index contributed by atoms with van der Waals surface area (Å²) >= 11 is 14.3. The molecule has 254 valence electrons. The van der Waals surface area contributed by atoms with Crippen LogP contribution in [0.4, 0.5) is 0 Å². The molecule has 0 unspecified atom stereocenters. The van der Waals surface area contributed by atoms with Gasteiger partial charge in [0.05, 0.1) is 29.5 Å². The van der Waals surface area contributed by atoms with E-state index in [1.54, 1.807) is 7.11 Å². The van der Waals surface area contributed by atoms with Crippen molar-refractivity contribution < 1.29 is 19.1 Å². The molecule has 7 rings (SSSR count). The first-order chi connectivity index (χ1) is 23.9. The Morgan fingerprint density at radius 3 is 2.20 bits per heavy atom. The van der Waals surface area contributed by atoms with Crippen LogP contribution >= 0.6 is 23.2 Å². The molecule has 0 radical (unpaired) electrons. The molecule has 0 saturated carbocycles. The van der Waals surface area contributed by atoms with Gasteiger partial charge < -0.3 is 30.7 Å². The Kier molecular flexibility index (Phi) is 10.0. The number of methoxy groups -OCH3 is 1. The van der Waals surface area contributed by atoms with Gasteiger partial charge in [-0.1, -0.05) is 77.8 Å². The SMILES string of the molecule is COc1nc(-c2cccc(-c3cccc(-c4ccc5c(c4)OCC[C@H]5NC[C@H]4CCC(=O)N4)c3Cl)c2Cl)ccc1CNC[C@H]1CCC(=O)N1. The van der Waals surface area contributed by atoms with Crippen molar-refractivity contribution in [2.45, 2.75) is 56.8 Å². The number of nitrogens with one attached hydrogen (secondary N) is 4. The number of benzene rings is 3. The Morgan fingerprint density at radius 2 is 1.51 bits per heavy atom. The van der Waals surface area contributed by atoms with Gasteiger partial charge in [0.15, 0.2) is 0 Å². The summed E-state index contributed by atoms with van der Waals surface area (Å²) in [6.07, 6.45) is 3.73. The predicted molar refractivity (Wildman–Crippen MR) is 192 cm³/mol. The normalized spacial score (nSPS) is 20.0. The Bertz CT molecular complexity index is 1890. The van der Waals surface area contributed by atoms with Crippen LogP contribution in [-0.4, -0.2) is 55.7 Å². The van der Waals surface area contributed by atoms with Crippen LogP contribution in [0.25, 0.3) is 33.5 Å². The highest BCUT2D eigenvalue weighted by Crippen LogP contribution is 2.44. The first-order valence-corrected chi connectivity index (χ1v) is 17.5. The first-order valence-electron chi connectivity index (χ1n) is 16.8. The number of fused-ring (bicyclic) bond motifs is 1. The third-order valence-electron chi connectivity index (χ3n) is 9.55.